The van der Waals surface area contributed by atoms with Crippen LogP contribution in [0.1, 0.15) is 24.0 Å². The van der Waals surface area contributed by atoms with E-state index in [4.69, 9.17) is 9.47 Å². The Labute approximate surface area is 179 Å². The van der Waals surface area contributed by atoms with Gasteiger partial charge in [0.05, 0.1) is 12.0 Å². The van der Waals surface area contributed by atoms with Crippen LogP contribution in [0.15, 0.2) is 40.9 Å². The molecule has 8 heteroatoms. The number of nitrogens with zero attached hydrogens (tertiary/aromatic N) is 1. The third-order valence-corrected chi connectivity index (χ3v) is 5.82. The second kappa shape index (κ2) is 10.6. The fraction of sp³-hybridized carbons (Fsp3) is 0.429. The normalized spacial score (nSPS) is 14.6. The highest BCUT2D eigenvalue weighted by Gasteiger charge is 2.14. The second-order valence-corrected chi connectivity index (χ2v) is 7.99. The molecule has 1 heterocycles. The first-order valence-corrected chi connectivity index (χ1v) is 10.5. The van der Waals surface area contributed by atoms with E-state index >= 15 is 0 Å². The number of piperidine rings is 1. The predicted molar refractivity (Wildman–Crippen MR) is 115 cm³/mol. The number of halogens is 1. The molecular formula is C21H26BrN3O4. The number of rotatable bonds is 9. The van der Waals surface area contributed by atoms with Crippen molar-refractivity contribution in [1.82, 2.24) is 10.6 Å². The summed E-state index contributed by atoms with van der Waals surface area (Å²) in [6.45, 7) is 4.27. The van der Waals surface area contributed by atoms with Crippen LogP contribution in [0.4, 0.5) is 5.69 Å². The van der Waals surface area contributed by atoms with Crippen molar-refractivity contribution in [1.29, 1.82) is 0 Å². The van der Waals surface area contributed by atoms with Gasteiger partial charge in [-0.3, -0.25) is 10.1 Å². The van der Waals surface area contributed by atoms with Crippen molar-refractivity contribution >= 4 is 21.6 Å². The fourth-order valence-electron chi connectivity index (χ4n) is 3.36. The number of benzene rings is 2. The largest absolute Gasteiger partial charge is 0.493 e. The zero-order valence-electron chi connectivity index (χ0n) is 16.4. The average molecular weight is 464 g/mol. The molecule has 7 nitrogen and oxygen atoms in total. The lowest BCUT2D eigenvalue weighted by Crippen LogP contribution is -2.33. The molecule has 1 aliphatic rings. The molecule has 3 rings (SSSR count). The van der Waals surface area contributed by atoms with Gasteiger partial charge in [-0.25, -0.2) is 0 Å². The molecular weight excluding hydrogens is 438 g/mol. The maximum absolute atomic E-state index is 10.8. The third-order valence-electron chi connectivity index (χ3n) is 5.08. The Hall–Kier alpha value is -2.16. The van der Waals surface area contributed by atoms with E-state index in [1.807, 2.05) is 12.1 Å². The maximum atomic E-state index is 10.8. The topological polar surface area (TPSA) is 85.7 Å². The lowest BCUT2D eigenvalue weighted by atomic mass is 9.98. The molecule has 0 bridgehead atoms. The third kappa shape index (κ3) is 6.16. The monoisotopic (exact) mass is 463 g/mol. The van der Waals surface area contributed by atoms with Gasteiger partial charge in [-0.2, -0.15) is 0 Å². The number of non-ortho nitro benzene ring substituents is 1. The summed E-state index contributed by atoms with van der Waals surface area (Å²) in [7, 11) is 1.62. The smallest absolute Gasteiger partial charge is 0.269 e. The van der Waals surface area contributed by atoms with Gasteiger partial charge >= 0.3 is 0 Å². The van der Waals surface area contributed by atoms with Gasteiger partial charge in [0, 0.05) is 23.2 Å². The van der Waals surface area contributed by atoms with Gasteiger partial charge in [0.15, 0.2) is 11.5 Å². The molecule has 0 atom stereocenters. The number of methoxy groups -OCH3 is 1. The van der Waals surface area contributed by atoms with Gasteiger partial charge in [0.1, 0.15) is 6.61 Å². The first-order chi connectivity index (χ1) is 14.1. The molecule has 1 fully saturated rings. The molecule has 156 valence electrons. The fourth-order valence-corrected chi connectivity index (χ4v) is 3.82. The maximum Gasteiger partial charge on any atom is 0.269 e. The highest BCUT2D eigenvalue weighted by Crippen LogP contribution is 2.34. The highest BCUT2D eigenvalue weighted by molar-refractivity contribution is 9.10. The zero-order chi connectivity index (χ0) is 20.6. The molecule has 29 heavy (non-hydrogen) atoms. The SMILES string of the molecule is COc1cc(CNCC2CCNCC2)c(Br)cc1OCc1ccc([N+](=O)[O-])cc1. The van der Waals surface area contributed by atoms with Gasteiger partial charge in [-0.05, 0) is 73.8 Å². The number of nitrogens with one attached hydrogen (secondary N) is 2. The molecule has 0 spiro atoms. The van der Waals surface area contributed by atoms with Crippen LogP contribution in [-0.2, 0) is 13.2 Å². The molecule has 0 aliphatic carbocycles. The zero-order valence-corrected chi connectivity index (χ0v) is 18.0. The lowest BCUT2D eigenvalue weighted by molar-refractivity contribution is -0.384. The van der Waals surface area contributed by atoms with Crippen LogP contribution in [0, 0.1) is 16.0 Å². The number of nitro benzene ring substituents is 1. The Morgan fingerprint density at radius 1 is 1.21 bits per heavy atom. The summed E-state index contributed by atoms with van der Waals surface area (Å²) >= 11 is 3.63. The summed E-state index contributed by atoms with van der Waals surface area (Å²) in [4.78, 5) is 10.3. The van der Waals surface area contributed by atoms with Crippen LogP contribution in [-0.4, -0.2) is 31.7 Å². The Kier molecular flexibility index (Phi) is 7.85. The lowest BCUT2D eigenvalue weighted by Gasteiger charge is -2.23. The molecule has 1 saturated heterocycles. The van der Waals surface area contributed by atoms with Crippen molar-refractivity contribution in [2.75, 3.05) is 26.7 Å². The second-order valence-electron chi connectivity index (χ2n) is 7.13. The minimum Gasteiger partial charge on any atom is -0.493 e. The summed E-state index contributed by atoms with van der Waals surface area (Å²) in [5, 5.41) is 17.7. The van der Waals surface area contributed by atoms with Crippen LogP contribution in [0.5, 0.6) is 11.5 Å². The van der Waals surface area contributed by atoms with E-state index in [-0.39, 0.29) is 5.69 Å². The summed E-state index contributed by atoms with van der Waals surface area (Å²) in [5.41, 5.74) is 2.02. The van der Waals surface area contributed by atoms with E-state index in [2.05, 4.69) is 26.6 Å². The van der Waals surface area contributed by atoms with Crippen LogP contribution in [0.25, 0.3) is 0 Å². The van der Waals surface area contributed by atoms with E-state index in [1.165, 1.54) is 25.0 Å². The molecule has 1 aliphatic heterocycles. The molecule has 2 aromatic rings. The van der Waals surface area contributed by atoms with Gasteiger partial charge in [-0.15, -0.1) is 0 Å². The van der Waals surface area contributed by atoms with Crippen molar-refractivity contribution in [3.05, 3.63) is 62.1 Å². The Balaban J connectivity index is 1.59. The van der Waals surface area contributed by atoms with Crippen molar-refractivity contribution in [2.45, 2.75) is 26.0 Å². The van der Waals surface area contributed by atoms with Crippen molar-refractivity contribution in [2.24, 2.45) is 5.92 Å². The number of hydrogen-bond donors (Lipinski definition) is 2. The molecule has 0 radical (unpaired) electrons. The molecule has 2 N–H and O–H groups in total. The van der Waals surface area contributed by atoms with Gasteiger partial charge < -0.3 is 20.1 Å². The quantitative estimate of drug-likeness (QED) is 0.431. The Morgan fingerprint density at radius 3 is 2.59 bits per heavy atom. The molecule has 0 aromatic heterocycles. The Bertz CT molecular complexity index is 823. The van der Waals surface area contributed by atoms with Crippen LogP contribution < -0.4 is 20.1 Å². The Morgan fingerprint density at radius 2 is 1.93 bits per heavy atom. The van der Waals surface area contributed by atoms with E-state index in [1.54, 1.807) is 19.2 Å². The standard InChI is InChI=1S/C21H26BrN3O4/c1-28-20-10-17(13-24-12-15-6-8-23-9-7-15)19(22)11-21(20)29-14-16-2-4-18(5-3-16)25(26)27/h2-5,10-11,15,23-24H,6-9,12-14H2,1H3. The van der Waals surface area contributed by atoms with Crippen LogP contribution >= 0.6 is 15.9 Å². The van der Waals surface area contributed by atoms with Gasteiger partial charge in [-0.1, -0.05) is 15.9 Å². The van der Waals surface area contributed by atoms with Crippen LogP contribution in [0.2, 0.25) is 0 Å². The van der Waals surface area contributed by atoms with Gasteiger partial charge in [0.2, 0.25) is 0 Å². The van der Waals surface area contributed by atoms with Crippen LogP contribution in [0.3, 0.4) is 0 Å². The van der Waals surface area contributed by atoms with Gasteiger partial charge in [0.25, 0.3) is 5.69 Å². The first-order valence-electron chi connectivity index (χ1n) is 9.71. The number of hydrogen-bond acceptors (Lipinski definition) is 6. The number of nitro groups is 1. The van der Waals surface area contributed by atoms with E-state index in [0.29, 0.717) is 18.1 Å². The van der Waals surface area contributed by atoms with E-state index in [0.717, 1.165) is 47.7 Å². The van der Waals surface area contributed by atoms with Crippen molar-refractivity contribution in [3.8, 4) is 11.5 Å². The first kappa shape index (κ1) is 21.5. The summed E-state index contributed by atoms with van der Waals surface area (Å²) in [6, 6.07) is 10.2. The molecule has 0 amide bonds. The highest BCUT2D eigenvalue weighted by atomic mass is 79.9. The van der Waals surface area contributed by atoms with Crippen molar-refractivity contribution in [3.63, 3.8) is 0 Å². The number of ether oxygens (including phenoxy) is 2. The minimum absolute atomic E-state index is 0.0652. The molecule has 0 unspecified atom stereocenters. The molecule has 0 saturated carbocycles. The average Bonchev–Trinajstić information content (AvgIpc) is 2.74. The van der Waals surface area contributed by atoms with E-state index in [9.17, 15) is 10.1 Å². The summed E-state index contributed by atoms with van der Waals surface area (Å²) in [6.07, 6.45) is 2.43. The minimum atomic E-state index is -0.414. The molecule has 2 aromatic carbocycles. The van der Waals surface area contributed by atoms with Crippen molar-refractivity contribution < 1.29 is 14.4 Å². The predicted octanol–water partition coefficient (Wildman–Crippen LogP) is 4.03. The summed E-state index contributed by atoms with van der Waals surface area (Å²) < 4.78 is 12.4. The van der Waals surface area contributed by atoms with E-state index < -0.39 is 4.92 Å². The summed E-state index contributed by atoms with van der Waals surface area (Å²) in [5.74, 6) is 2.01.